The van der Waals surface area contributed by atoms with Crippen LogP contribution in [0.15, 0.2) is 18.2 Å². The van der Waals surface area contributed by atoms with Gasteiger partial charge in [-0.15, -0.1) is 0 Å². The maximum atomic E-state index is 8.66. The van der Waals surface area contributed by atoms with Gasteiger partial charge in [0.25, 0.3) is 0 Å². The molecule has 0 bridgehead atoms. The Balaban J connectivity index is 2.68. The molecule has 0 aliphatic rings. The van der Waals surface area contributed by atoms with Gasteiger partial charge in [0.2, 0.25) is 0 Å². The second-order valence-corrected chi connectivity index (χ2v) is 3.11. The summed E-state index contributed by atoms with van der Waals surface area (Å²) in [6, 6.07) is 5.59. The highest BCUT2D eigenvalue weighted by Crippen LogP contribution is 2.25. The van der Waals surface area contributed by atoms with E-state index in [1.54, 1.807) is 14.2 Å². The number of anilines is 1. The Bertz CT molecular complexity index is 280. The number of hydrogen-bond acceptors (Lipinski definition) is 4. The molecule has 4 heteroatoms. The summed E-state index contributed by atoms with van der Waals surface area (Å²) in [6.45, 7) is 0.918. The van der Waals surface area contributed by atoms with Crippen molar-refractivity contribution in [3.05, 3.63) is 18.2 Å². The molecule has 15 heavy (non-hydrogen) atoms. The molecule has 0 spiro atoms. The van der Waals surface area contributed by atoms with Crippen LogP contribution < -0.4 is 14.8 Å². The fraction of sp³-hybridized carbons (Fsp3) is 0.455. The minimum atomic E-state index is 0.189. The van der Waals surface area contributed by atoms with E-state index < -0.39 is 0 Å². The number of ether oxygens (including phenoxy) is 2. The van der Waals surface area contributed by atoms with E-state index in [9.17, 15) is 0 Å². The Morgan fingerprint density at radius 3 is 2.20 bits per heavy atom. The van der Waals surface area contributed by atoms with Crippen molar-refractivity contribution in [2.24, 2.45) is 0 Å². The van der Waals surface area contributed by atoms with E-state index in [1.807, 2.05) is 18.2 Å². The summed E-state index contributed by atoms with van der Waals surface area (Å²) in [4.78, 5) is 0. The van der Waals surface area contributed by atoms with Gasteiger partial charge in [0.05, 0.1) is 14.2 Å². The zero-order valence-corrected chi connectivity index (χ0v) is 9.12. The van der Waals surface area contributed by atoms with E-state index >= 15 is 0 Å². The van der Waals surface area contributed by atoms with E-state index in [0.29, 0.717) is 0 Å². The normalized spacial score (nSPS) is 9.80. The zero-order chi connectivity index (χ0) is 11.1. The van der Waals surface area contributed by atoms with E-state index in [0.717, 1.165) is 30.2 Å². The molecule has 0 heterocycles. The first-order chi connectivity index (χ1) is 7.30. The Kier molecular flexibility index (Phi) is 4.77. The van der Waals surface area contributed by atoms with Crippen LogP contribution in [-0.4, -0.2) is 32.5 Å². The molecule has 0 aromatic heterocycles. The number of aliphatic hydroxyl groups is 1. The number of nitrogens with one attached hydrogen (secondary N) is 1. The summed E-state index contributed by atoms with van der Waals surface area (Å²) in [7, 11) is 3.23. The Labute approximate surface area is 89.8 Å². The topological polar surface area (TPSA) is 50.7 Å². The Morgan fingerprint density at radius 2 is 1.73 bits per heavy atom. The van der Waals surface area contributed by atoms with Crippen LogP contribution >= 0.6 is 0 Å². The first-order valence-electron chi connectivity index (χ1n) is 4.88. The van der Waals surface area contributed by atoms with Gasteiger partial charge in [-0.3, -0.25) is 0 Å². The van der Waals surface area contributed by atoms with Gasteiger partial charge >= 0.3 is 0 Å². The zero-order valence-electron chi connectivity index (χ0n) is 9.12. The predicted molar refractivity (Wildman–Crippen MR) is 59.7 cm³/mol. The summed E-state index contributed by atoms with van der Waals surface area (Å²) in [6.07, 6.45) is 0.722. The largest absolute Gasteiger partial charge is 0.497 e. The maximum Gasteiger partial charge on any atom is 0.124 e. The molecule has 4 nitrogen and oxygen atoms in total. The van der Waals surface area contributed by atoms with Crippen molar-refractivity contribution in [2.45, 2.75) is 6.42 Å². The molecule has 1 aromatic carbocycles. The standard InChI is InChI=1S/C11H17NO3/c1-14-10-6-9(12-4-3-5-13)7-11(8-10)15-2/h6-8,12-13H,3-5H2,1-2H3. The summed E-state index contributed by atoms with van der Waals surface area (Å²) in [5.74, 6) is 1.50. The lowest BCUT2D eigenvalue weighted by Gasteiger charge is -2.09. The summed E-state index contributed by atoms with van der Waals surface area (Å²) < 4.78 is 10.3. The lowest BCUT2D eigenvalue weighted by Crippen LogP contribution is -2.03. The van der Waals surface area contributed by atoms with Crippen molar-refractivity contribution in [3.8, 4) is 11.5 Å². The molecule has 0 fully saturated rings. The molecule has 0 unspecified atom stereocenters. The first-order valence-corrected chi connectivity index (χ1v) is 4.88. The van der Waals surface area contributed by atoms with Gasteiger partial charge < -0.3 is 19.9 Å². The van der Waals surface area contributed by atoms with E-state index in [-0.39, 0.29) is 6.61 Å². The molecule has 0 aliphatic heterocycles. The molecule has 0 saturated carbocycles. The summed E-state index contributed by atoms with van der Waals surface area (Å²) in [5.41, 5.74) is 0.930. The number of benzene rings is 1. The van der Waals surface area contributed by atoms with Crippen LogP contribution in [0.3, 0.4) is 0 Å². The molecular formula is C11H17NO3. The average molecular weight is 211 g/mol. The van der Waals surface area contributed by atoms with Crippen LogP contribution in [0, 0.1) is 0 Å². The van der Waals surface area contributed by atoms with Crippen molar-refractivity contribution >= 4 is 5.69 Å². The minimum absolute atomic E-state index is 0.189. The van der Waals surface area contributed by atoms with Gasteiger partial charge in [-0.05, 0) is 6.42 Å². The molecular weight excluding hydrogens is 194 g/mol. The maximum absolute atomic E-state index is 8.66. The lowest BCUT2D eigenvalue weighted by molar-refractivity contribution is 0.292. The Morgan fingerprint density at radius 1 is 1.13 bits per heavy atom. The highest BCUT2D eigenvalue weighted by atomic mass is 16.5. The second kappa shape index (κ2) is 6.14. The fourth-order valence-electron chi connectivity index (χ4n) is 1.22. The van der Waals surface area contributed by atoms with Gasteiger partial charge in [-0.2, -0.15) is 0 Å². The van der Waals surface area contributed by atoms with Gasteiger partial charge in [-0.25, -0.2) is 0 Å². The van der Waals surface area contributed by atoms with Crippen molar-refractivity contribution in [2.75, 3.05) is 32.7 Å². The van der Waals surface area contributed by atoms with E-state index in [1.165, 1.54) is 0 Å². The van der Waals surface area contributed by atoms with Crippen LogP contribution in [0.2, 0.25) is 0 Å². The number of methoxy groups -OCH3 is 2. The third-order valence-electron chi connectivity index (χ3n) is 2.02. The van der Waals surface area contributed by atoms with Crippen LogP contribution in [0.1, 0.15) is 6.42 Å². The third-order valence-corrected chi connectivity index (χ3v) is 2.02. The van der Waals surface area contributed by atoms with Crippen molar-refractivity contribution in [3.63, 3.8) is 0 Å². The molecule has 0 aliphatic carbocycles. The Hall–Kier alpha value is -1.42. The van der Waals surface area contributed by atoms with E-state index in [2.05, 4.69) is 5.32 Å². The van der Waals surface area contributed by atoms with Gasteiger partial charge in [0.15, 0.2) is 0 Å². The molecule has 0 saturated heterocycles. The average Bonchev–Trinajstić information content (AvgIpc) is 2.29. The SMILES string of the molecule is COc1cc(NCCCO)cc(OC)c1. The monoisotopic (exact) mass is 211 g/mol. The summed E-state index contributed by atoms with van der Waals surface area (Å²) in [5, 5.41) is 11.8. The van der Waals surface area contributed by atoms with Crippen LogP contribution in [-0.2, 0) is 0 Å². The van der Waals surface area contributed by atoms with E-state index in [4.69, 9.17) is 14.6 Å². The molecule has 1 rings (SSSR count). The molecule has 84 valence electrons. The van der Waals surface area contributed by atoms with Crippen LogP contribution in [0.25, 0.3) is 0 Å². The number of rotatable bonds is 6. The molecule has 0 radical (unpaired) electrons. The second-order valence-electron chi connectivity index (χ2n) is 3.11. The summed E-state index contributed by atoms with van der Waals surface area (Å²) >= 11 is 0. The van der Waals surface area contributed by atoms with Crippen molar-refractivity contribution < 1.29 is 14.6 Å². The highest BCUT2D eigenvalue weighted by Gasteiger charge is 2.00. The highest BCUT2D eigenvalue weighted by molar-refractivity contribution is 5.53. The fourth-order valence-corrected chi connectivity index (χ4v) is 1.22. The molecule has 0 atom stereocenters. The molecule has 0 amide bonds. The minimum Gasteiger partial charge on any atom is -0.497 e. The molecule has 2 N–H and O–H groups in total. The van der Waals surface area contributed by atoms with Crippen molar-refractivity contribution in [1.29, 1.82) is 0 Å². The number of hydrogen-bond donors (Lipinski definition) is 2. The molecule has 1 aromatic rings. The van der Waals surface area contributed by atoms with Gasteiger partial charge in [-0.1, -0.05) is 0 Å². The van der Waals surface area contributed by atoms with Gasteiger partial charge in [0, 0.05) is 37.0 Å². The van der Waals surface area contributed by atoms with Crippen LogP contribution in [0.4, 0.5) is 5.69 Å². The van der Waals surface area contributed by atoms with Gasteiger partial charge in [0.1, 0.15) is 11.5 Å². The van der Waals surface area contributed by atoms with Crippen LogP contribution in [0.5, 0.6) is 11.5 Å². The third kappa shape index (κ3) is 3.67. The number of aliphatic hydroxyl groups excluding tert-OH is 1. The quantitative estimate of drug-likeness (QED) is 0.700. The predicted octanol–water partition coefficient (Wildman–Crippen LogP) is 1.50. The van der Waals surface area contributed by atoms with Crippen molar-refractivity contribution in [1.82, 2.24) is 0 Å². The smallest absolute Gasteiger partial charge is 0.124 e. The lowest BCUT2D eigenvalue weighted by atomic mass is 10.2. The first kappa shape index (κ1) is 11.7.